The van der Waals surface area contributed by atoms with Gasteiger partial charge in [0.15, 0.2) is 0 Å². The van der Waals surface area contributed by atoms with Gasteiger partial charge in [-0.2, -0.15) is 5.26 Å². The van der Waals surface area contributed by atoms with Crippen LogP contribution in [0, 0.1) is 11.3 Å². The van der Waals surface area contributed by atoms with Crippen LogP contribution in [0.25, 0.3) is 5.57 Å². The molecule has 0 radical (unpaired) electrons. The number of halogens is 1. The number of carbonyl (C=O) groups is 1. The van der Waals surface area contributed by atoms with Crippen LogP contribution in [-0.4, -0.2) is 13.1 Å². The van der Waals surface area contributed by atoms with E-state index in [2.05, 4.69) is 20.7 Å². The first-order chi connectivity index (χ1) is 7.60. The molecule has 0 aliphatic carbocycles. The number of carbonyl (C=O) groups excluding carboxylic acids is 1. The zero-order valence-electron chi connectivity index (χ0n) is 8.95. The number of esters is 1. The van der Waals surface area contributed by atoms with Crippen molar-refractivity contribution in [2.45, 2.75) is 6.92 Å². The van der Waals surface area contributed by atoms with E-state index in [1.54, 1.807) is 6.92 Å². The van der Waals surface area contributed by atoms with Crippen LogP contribution in [0.4, 0.5) is 0 Å². The van der Waals surface area contributed by atoms with Gasteiger partial charge < -0.3 is 4.74 Å². The van der Waals surface area contributed by atoms with E-state index in [0.717, 1.165) is 10.0 Å². The van der Waals surface area contributed by atoms with Crippen LogP contribution in [0.3, 0.4) is 0 Å². The number of rotatable bonds is 2. The number of hydrogen-bond donors (Lipinski definition) is 0. The van der Waals surface area contributed by atoms with Gasteiger partial charge >= 0.3 is 5.97 Å². The van der Waals surface area contributed by atoms with E-state index in [1.807, 2.05) is 30.3 Å². The molecular formula is C12H10BrNO2. The van der Waals surface area contributed by atoms with Crippen LogP contribution in [0.15, 0.2) is 34.3 Å². The molecule has 16 heavy (non-hydrogen) atoms. The lowest BCUT2D eigenvalue weighted by atomic mass is 10.0. The zero-order chi connectivity index (χ0) is 12.1. The van der Waals surface area contributed by atoms with Gasteiger partial charge in [-0.05, 0) is 30.2 Å². The van der Waals surface area contributed by atoms with Gasteiger partial charge in [0.25, 0.3) is 0 Å². The third kappa shape index (κ3) is 2.71. The SMILES string of the molecule is COC(=O)/C(C#N)=C(\C)c1cccc(Br)c1. The van der Waals surface area contributed by atoms with Gasteiger partial charge in [0, 0.05) is 4.47 Å². The summed E-state index contributed by atoms with van der Waals surface area (Å²) in [6.45, 7) is 1.72. The summed E-state index contributed by atoms with van der Waals surface area (Å²) in [6.07, 6.45) is 0. The normalized spacial score (nSPS) is 11.4. The average molecular weight is 280 g/mol. The molecular weight excluding hydrogens is 270 g/mol. The second-order valence-electron chi connectivity index (χ2n) is 3.11. The molecule has 0 aromatic heterocycles. The van der Waals surface area contributed by atoms with E-state index >= 15 is 0 Å². The van der Waals surface area contributed by atoms with Crippen molar-refractivity contribution in [3.63, 3.8) is 0 Å². The van der Waals surface area contributed by atoms with E-state index in [0.29, 0.717) is 5.57 Å². The molecule has 0 aliphatic heterocycles. The molecule has 0 saturated heterocycles. The standard InChI is InChI=1S/C12H10BrNO2/c1-8(11(7-14)12(15)16-2)9-4-3-5-10(13)6-9/h3-6H,1-2H3/b11-8+. The molecule has 3 nitrogen and oxygen atoms in total. The van der Waals surface area contributed by atoms with Gasteiger partial charge in [-0.1, -0.05) is 28.1 Å². The number of nitrogens with zero attached hydrogens (tertiary/aromatic N) is 1. The van der Waals surface area contributed by atoms with Crippen LogP contribution in [0.5, 0.6) is 0 Å². The summed E-state index contributed by atoms with van der Waals surface area (Å²) in [5, 5.41) is 8.91. The highest BCUT2D eigenvalue weighted by Gasteiger charge is 2.13. The van der Waals surface area contributed by atoms with E-state index < -0.39 is 5.97 Å². The molecule has 0 aliphatic rings. The van der Waals surface area contributed by atoms with Gasteiger partial charge in [-0.15, -0.1) is 0 Å². The van der Waals surface area contributed by atoms with E-state index in [1.165, 1.54) is 7.11 Å². The van der Waals surface area contributed by atoms with Gasteiger partial charge in [-0.3, -0.25) is 0 Å². The third-order valence-electron chi connectivity index (χ3n) is 2.13. The Morgan fingerprint density at radius 2 is 2.19 bits per heavy atom. The predicted molar refractivity (Wildman–Crippen MR) is 64.4 cm³/mol. The molecule has 0 N–H and O–H groups in total. The zero-order valence-corrected chi connectivity index (χ0v) is 10.5. The number of methoxy groups -OCH3 is 1. The van der Waals surface area contributed by atoms with Gasteiger partial charge in [0.05, 0.1) is 7.11 Å². The highest BCUT2D eigenvalue weighted by Crippen LogP contribution is 2.22. The Balaban J connectivity index is 3.26. The molecule has 4 heteroatoms. The predicted octanol–water partition coefficient (Wildman–Crippen LogP) is 2.92. The molecule has 0 atom stereocenters. The minimum atomic E-state index is -0.611. The lowest BCUT2D eigenvalue weighted by Crippen LogP contribution is -2.05. The molecule has 0 bridgehead atoms. The Hall–Kier alpha value is -1.60. The van der Waals surface area contributed by atoms with Gasteiger partial charge in [0.2, 0.25) is 0 Å². The fourth-order valence-electron chi connectivity index (χ4n) is 1.25. The number of benzene rings is 1. The topological polar surface area (TPSA) is 50.1 Å². The fraction of sp³-hybridized carbons (Fsp3) is 0.167. The fourth-order valence-corrected chi connectivity index (χ4v) is 1.65. The molecule has 1 aromatic rings. The second-order valence-corrected chi connectivity index (χ2v) is 4.03. The minimum Gasteiger partial charge on any atom is -0.465 e. The van der Waals surface area contributed by atoms with Crippen molar-refractivity contribution in [2.24, 2.45) is 0 Å². The van der Waals surface area contributed by atoms with Crippen LogP contribution < -0.4 is 0 Å². The largest absolute Gasteiger partial charge is 0.465 e. The first-order valence-electron chi connectivity index (χ1n) is 4.55. The maximum Gasteiger partial charge on any atom is 0.348 e. The Kier molecular flexibility index (Phi) is 4.27. The van der Waals surface area contributed by atoms with E-state index in [9.17, 15) is 4.79 Å². The lowest BCUT2D eigenvalue weighted by molar-refractivity contribution is -0.135. The van der Waals surface area contributed by atoms with Crippen molar-refractivity contribution in [3.05, 3.63) is 39.9 Å². The third-order valence-corrected chi connectivity index (χ3v) is 2.63. The maximum absolute atomic E-state index is 11.3. The van der Waals surface area contributed by atoms with Crippen molar-refractivity contribution in [3.8, 4) is 6.07 Å². The highest BCUT2D eigenvalue weighted by molar-refractivity contribution is 9.10. The summed E-state index contributed by atoms with van der Waals surface area (Å²) in [4.78, 5) is 11.3. The Morgan fingerprint density at radius 1 is 1.50 bits per heavy atom. The van der Waals surface area contributed by atoms with E-state index in [4.69, 9.17) is 5.26 Å². The van der Waals surface area contributed by atoms with Crippen molar-refractivity contribution >= 4 is 27.5 Å². The molecule has 0 spiro atoms. The first kappa shape index (κ1) is 12.5. The van der Waals surface area contributed by atoms with Crippen LogP contribution in [0.2, 0.25) is 0 Å². The monoisotopic (exact) mass is 279 g/mol. The van der Waals surface area contributed by atoms with Crippen LogP contribution in [-0.2, 0) is 9.53 Å². The minimum absolute atomic E-state index is 0.0283. The van der Waals surface area contributed by atoms with Crippen LogP contribution >= 0.6 is 15.9 Å². The molecule has 0 heterocycles. The number of nitriles is 1. The van der Waals surface area contributed by atoms with Crippen molar-refractivity contribution < 1.29 is 9.53 Å². The molecule has 0 unspecified atom stereocenters. The number of ether oxygens (including phenoxy) is 1. The summed E-state index contributed by atoms with van der Waals surface area (Å²) < 4.78 is 5.44. The summed E-state index contributed by atoms with van der Waals surface area (Å²) >= 11 is 3.33. The summed E-state index contributed by atoms with van der Waals surface area (Å²) in [5.41, 5.74) is 1.45. The summed E-state index contributed by atoms with van der Waals surface area (Å²) in [5.74, 6) is -0.611. The first-order valence-corrected chi connectivity index (χ1v) is 5.34. The molecule has 0 amide bonds. The average Bonchev–Trinajstić information content (AvgIpc) is 2.29. The van der Waals surface area contributed by atoms with Gasteiger partial charge in [-0.25, -0.2) is 4.79 Å². The molecule has 0 saturated carbocycles. The molecule has 0 fully saturated rings. The summed E-state index contributed by atoms with van der Waals surface area (Å²) in [6, 6.07) is 9.26. The Bertz CT molecular complexity index is 486. The van der Waals surface area contributed by atoms with Crippen molar-refractivity contribution in [2.75, 3.05) is 7.11 Å². The number of allylic oxidation sites excluding steroid dienone is 1. The highest BCUT2D eigenvalue weighted by atomic mass is 79.9. The van der Waals surface area contributed by atoms with Crippen LogP contribution in [0.1, 0.15) is 12.5 Å². The maximum atomic E-state index is 11.3. The molecule has 1 aromatic carbocycles. The summed E-state index contributed by atoms with van der Waals surface area (Å²) in [7, 11) is 1.26. The van der Waals surface area contributed by atoms with Crippen molar-refractivity contribution in [1.29, 1.82) is 5.26 Å². The second kappa shape index (κ2) is 5.47. The lowest BCUT2D eigenvalue weighted by Gasteiger charge is -2.04. The number of hydrogen-bond acceptors (Lipinski definition) is 3. The molecule has 82 valence electrons. The Labute approximate surface area is 102 Å². The Morgan fingerprint density at radius 3 is 2.69 bits per heavy atom. The van der Waals surface area contributed by atoms with Crippen molar-refractivity contribution in [1.82, 2.24) is 0 Å². The molecule has 1 rings (SSSR count). The smallest absolute Gasteiger partial charge is 0.348 e. The quantitative estimate of drug-likeness (QED) is 0.475. The van der Waals surface area contributed by atoms with Gasteiger partial charge in [0.1, 0.15) is 11.6 Å². The van der Waals surface area contributed by atoms with E-state index in [-0.39, 0.29) is 5.57 Å².